The molecule has 2 heterocycles. The Morgan fingerprint density at radius 3 is 2.09 bits per heavy atom. The van der Waals surface area contributed by atoms with Crippen molar-refractivity contribution in [3.05, 3.63) is 99.9 Å². The third-order valence-electron chi connectivity index (χ3n) is 7.97. The monoisotopic (exact) mass is 662 g/mol. The number of halogens is 5. The molecule has 2 aliphatic heterocycles. The fraction of sp³-hybridized carbons (Fsp3) is 0.412. The molecule has 0 spiro atoms. The van der Waals surface area contributed by atoms with Crippen LogP contribution in [-0.2, 0) is 25.6 Å². The minimum atomic E-state index is -2.36. The van der Waals surface area contributed by atoms with Gasteiger partial charge >= 0.3 is 5.97 Å². The van der Waals surface area contributed by atoms with Crippen LogP contribution in [0.4, 0.5) is 27.6 Å². The van der Waals surface area contributed by atoms with Crippen molar-refractivity contribution in [2.75, 3.05) is 18.4 Å². The highest BCUT2D eigenvalue weighted by atomic mass is 19.2. The van der Waals surface area contributed by atoms with E-state index in [0.29, 0.717) is 31.5 Å². The van der Waals surface area contributed by atoms with E-state index in [9.17, 15) is 36.6 Å². The zero-order valence-corrected chi connectivity index (χ0v) is 26.0. The number of carbonyl (C=O) groups excluding carboxylic acids is 2. The normalized spacial score (nSPS) is 21.9. The summed E-state index contributed by atoms with van der Waals surface area (Å²) in [6.07, 6.45) is 0.226. The average molecular weight is 663 g/mol. The summed E-state index contributed by atoms with van der Waals surface area (Å²) in [5, 5.41) is 11.6. The molecule has 0 radical (unpaired) electrons. The molecule has 4 atom stereocenters. The molecule has 2 saturated heterocycles. The Labute approximate surface area is 268 Å². The lowest BCUT2D eigenvalue weighted by atomic mass is 9.99. The Morgan fingerprint density at radius 1 is 0.894 bits per heavy atom. The summed E-state index contributed by atoms with van der Waals surface area (Å²) in [7, 11) is 0. The second-order valence-electron chi connectivity index (χ2n) is 12.6. The van der Waals surface area contributed by atoms with E-state index in [1.807, 2.05) is 37.8 Å². The lowest BCUT2D eigenvalue weighted by Crippen LogP contribution is -2.45. The minimum Gasteiger partial charge on any atom is -0.459 e. The third kappa shape index (κ3) is 7.81. The highest BCUT2D eigenvalue weighted by Gasteiger charge is 2.39. The van der Waals surface area contributed by atoms with Gasteiger partial charge in [0.05, 0.1) is 18.8 Å². The zero-order chi connectivity index (χ0) is 34.0. The SMILES string of the molecule is CC(C)(C)OC(=O)[C@@H]1CCCN1C[C@H]1C[C@@H](c2ccc(CO)cc2)O[C@@H](c2ccc(NC(=O)c3c(F)c(F)c(F)c(F)c3F)cc2)O1. The highest BCUT2D eigenvalue weighted by molar-refractivity contribution is 6.04. The van der Waals surface area contributed by atoms with Crippen LogP contribution in [0.25, 0.3) is 0 Å². The van der Waals surface area contributed by atoms with Crippen molar-refractivity contribution >= 4 is 17.6 Å². The molecule has 5 rings (SSSR count). The summed E-state index contributed by atoms with van der Waals surface area (Å²) < 4.78 is 87.3. The van der Waals surface area contributed by atoms with E-state index in [4.69, 9.17) is 14.2 Å². The topological polar surface area (TPSA) is 97.3 Å². The Hall–Kier alpha value is -3.91. The van der Waals surface area contributed by atoms with E-state index >= 15 is 0 Å². The van der Waals surface area contributed by atoms with Gasteiger partial charge in [-0.2, -0.15) is 0 Å². The number of likely N-dealkylation sites (tertiary alicyclic amines) is 1. The molecule has 1 amide bonds. The fourth-order valence-electron chi connectivity index (χ4n) is 5.70. The number of rotatable bonds is 8. The number of anilines is 1. The molecule has 2 N–H and O–H groups in total. The van der Waals surface area contributed by atoms with Gasteiger partial charge in [0.15, 0.2) is 29.6 Å². The Kier molecular flexibility index (Phi) is 10.3. The number of carbonyl (C=O) groups is 2. The fourth-order valence-corrected chi connectivity index (χ4v) is 5.70. The van der Waals surface area contributed by atoms with Crippen molar-refractivity contribution in [3.63, 3.8) is 0 Å². The van der Waals surface area contributed by atoms with E-state index in [1.165, 1.54) is 24.3 Å². The number of hydrogen-bond acceptors (Lipinski definition) is 7. The van der Waals surface area contributed by atoms with Crippen molar-refractivity contribution < 1.29 is 50.9 Å². The molecule has 0 aliphatic carbocycles. The number of esters is 1. The van der Waals surface area contributed by atoms with E-state index in [1.54, 1.807) is 12.1 Å². The van der Waals surface area contributed by atoms with Crippen molar-refractivity contribution in [2.45, 2.75) is 76.8 Å². The summed E-state index contributed by atoms with van der Waals surface area (Å²) in [5.41, 5.74) is -0.119. The van der Waals surface area contributed by atoms with Gasteiger partial charge in [-0.15, -0.1) is 0 Å². The first-order valence-corrected chi connectivity index (χ1v) is 15.2. The van der Waals surface area contributed by atoms with Crippen molar-refractivity contribution in [1.29, 1.82) is 0 Å². The predicted molar refractivity (Wildman–Crippen MR) is 159 cm³/mol. The van der Waals surface area contributed by atoms with Crippen LogP contribution >= 0.6 is 0 Å². The molecule has 0 aromatic heterocycles. The van der Waals surface area contributed by atoms with Gasteiger partial charge < -0.3 is 24.6 Å². The summed E-state index contributed by atoms with van der Waals surface area (Å²) >= 11 is 0. The smallest absolute Gasteiger partial charge is 0.323 e. The lowest BCUT2D eigenvalue weighted by Gasteiger charge is -2.38. The van der Waals surface area contributed by atoms with Crippen LogP contribution in [0, 0.1) is 29.1 Å². The van der Waals surface area contributed by atoms with E-state index in [-0.39, 0.29) is 24.4 Å². The minimum absolute atomic E-state index is 0.0171. The van der Waals surface area contributed by atoms with Crippen LogP contribution < -0.4 is 5.32 Å². The van der Waals surface area contributed by atoms with Crippen LogP contribution in [0.5, 0.6) is 0 Å². The second-order valence-corrected chi connectivity index (χ2v) is 12.6. The van der Waals surface area contributed by atoms with E-state index < -0.39 is 64.6 Å². The van der Waals surface area contributed by atoms with Gasteiger partial charge in [0, 0.05) is 24.2 Å². The van der Waals surface area contributed by atoms with Crippen LogP contribution in [0.2, 0.25) is 0 Å². The lowest BCUT2D eigenvalue weighted by molar-refractivity contribution is -0.253. The standard InChI is InChI=1S/C34H35F5N2O6/c1-34(2,3)47-32(44)23-5-4-14-41(23)16-22-15-24(19-8-6-18(17-42)7-9-19)46-33(45-22)20-10-12-21(13-11-20)40-31(43)25-26(35)28(37)30(39)29(38)27(25)36/h6-13,22-24,33,42H,4-5,14-17H2,1-3H3,(H,40,43)/t22-,23+,24+,33+/m1/s1. The first-order valence-electron chi connectivity index (χ1n) is 15.2. The van der Waals surface area contributed by atoms with Gasteiger partial charge in [-0.1, -0.05) is 36.4 Å². The molecule has 3 aromatic carbocycles. The molecule has 13 heteroatoms. The quantitative estimate of drug-likeness (QED) is 0.123. The number of aliphatic hydroxyl groups excluding tert-OH is 1. The number of nitrogens with one attached hydrogen (secondary N) is 1. The van der Waals surface area contributed by atoms with E-state index in [2.05, 4.69) is 5.32 Å². The summed E-state index contributed by atoms with van der Waals surface area (Å²) in [6, 6.07) is 12.7. The highest BCUT2D eigenvalue weighted by Crippen LogP contribution is 2.39. The number of hydrogen-bond donors (Lipinski definition) is 2. The molecule has 2 aliphatic rings. The third-order valence-corrected chi connectivity index (χ3v) is 7.97. The van der Waals surface area contributed by atoms with Crippen LogP contribution in [0.3, 0.4) is 0 Å². The van der Waals surface area contributed by atoms with Gasteiger partial charge in [-0.05, 0) is 63.4 Å². The maximum atomic E-state index is 14.1. The van der Waals surface area contributed by atoms with Crippen LogP contribution in [-0.4, -0.2) is 52.7 Å². The number of benzene rings is 3. The van der Waals surface area contributed by atoms with Gasteiger partial charge in [0.1, 0.15) is 17.2 Å². The molecule has 47 heavy (non-hydrogen) atoms. The zero-order valence-electron chi connectivity index (χ0n) is 26.0. The largest absolute Gasteiger partial charge is 0.459 e. The van der Waals surface area contributed by atoms with Gasteiger partial charge in [0.2, 0.25) is 5.82 Å². The summed E-state index contributed by atoms with van der Waals surface area (Å²) in [5.74, 6) is -13.1. The molecule has 8 nitrogen and oxygen atoms in total. The van der Waals surface area contributed by atoms with Crippen molar-refractivity contribution in [1.82, 2.24) is 4.90 Å². The molecule has 0 unspecified atom stereocenters. The molecule has 252 valence electrons. The molecular formula is C34H35F5N2O6. The van der Waals surface area contributed by atoms with Gasteiger partial charge in [0.25, 0.3) is 5.91 Å². The summed E-state index contributed by atoms with van der Waals surface area (Å²) in [4.78, 5) is 27.5. The number of amides is 1. The van der Waals surface area contributed by atoms with Crippen molar-refractivity contribution in [2.24, 2.45) is 0 Å². The van der Waals surface area contributed by atoms with E-state index in [0.717, 1.165) is 17.5 Å². The first-order chi connectivity index (χ1) is 22.3. The molecule has 0 saturated carbocycles. The first kappa shape index (κ1) is 34.4. The Balaban J connectivity index is 1.35. The number of nitrogens with zero attached hydrogens (tertiary/aromatic N) is 1. The maximum Gasteiger partial charge on any atom is 0.323 e. The molecule has 0 bridgehead atoms. The molecule has 2 fully saturated rings. The average Bonchev–Trinajstić information content (AvgIpc) is 3.50. The van der Waals surface area contributed by atoms with Crippen molar-refractivity contribution in [3.8, 4) is 0 Å². The maximum absolute atomic E-state index is 14.1. The second kappa shape index (κ2) is 14.1. The van der Waals surface area contributed by atoms with Crippen LogP contribution in [0.15, 0.2) is 48.5 Å². The Bertz CT molecular complexity index is 1580. The molecule has 3 aromatic rings. The van der Waals surface area contributed by atoms with Gasteiger partial charge in [-0.25, -0.2) is 22.0 Å². The molecular weight excluding hydrogens is 627 g/mol. The Morgan fingerprint density at radius 2 is 1.49 bits per heavy atom. The summed E-state index contributed by atoms with van der Waals surface area (Å²) in [6.45, 7) is 6.44. The number of aliphatic hydroxyl groups is 1. The van der Waals surface area contributed by atoms with Crippen LogP contribution in [0.1, 0.15) is 79.5 Å². The number of ether oxygens (including phenoxy) is 3. The predicted octanol–water partition coefficient (Wildman–Crippen LogP) is 6.48. The van der Waals surface area contributed by atoms with Gasteiger partial charge in [-0.3, -0.25) is 14.5 Å².